The van der Waals surface area contributed by atoms with Crippen LogP contribution in [0.5, 0.6) is 5.88 Å². The third kappa shape index (κ3) is 5.34. The number of alkyl halides is 3. The lowest BCUT2D eigenvalue weighted by Gasteiger charge is -2.44. The summed E-state index contributed by atoms with van der Waals surface area (Å²) < 4.78 is 44.5. The van der Waals surface area contributed by atoms with Gasteiger partial charge in [0.1, 0.15) is 12.2 Å². The molecule has 0 spiro atoms. The van der Waals surface area contributed by atoms with Gasteiger partial charge in [0.05, 0.1) is 5.41 Å². The Morgan fingerprint density at radius 1 is 1.41 bits per heavy atom. The van der Waals surface area contributed by atoms with Crippen molar-refractivity contribution in [2.45, 2.75) is 46.3 Å². The van der Waals surface area contributed by atoms with Gasteiger partial charge in [0, 0.05) is 18.8 Å². The number of nitrogens with one attached hydrogen (secondary N) is 1. The molecule has 152 valence electrons. The zero-order valence-corrected chi connectivity index (χ0v) is 16.5. The van der Waals surface area contributed by atoms with Crippen LogP contribution in [0.2, 0.25) is 0 Å². The van der Waals surface area contributed by atoms with Crippen LogP contribution >= 0.6 is 0 Å². The number of pyridine rings is 1. The standard InChI is InChI=1S/C19H28F3N3O2/c1-17(2)11-25(5)10-8-14(17)24-16(26)18(3,4)12-27-15-13(19(20,21)22)7-6-9-23-15/h6-7,9,14H,8,10-12H2,1-5H3,(H,24,26). The summed E-state index contributed by atoms with van der Waals surface area (Å²) in [7, 11) is 2.04. The molecule has 1 atom stereocenters. The third-order valence-electron chi connectivity index (χ3n) is 4.99. The summed E-state index contributed by atoms with van der Waals surface area (Å²) in [6, 6.07) is 2.12. The van der Waals surface area contributed by atoms with Crippen LogP contribution in [-0.4, -0.2) is 48.6 Å². The van der Waals surface area contributed by atoms with E-state index in [9.17, 15) is 18.0 Å². The first-order chi connectivity index (χ1) is 12.3. The SMILES string of the molecule is CN1CCC(NC(=O)C(C)(C)COc2ncccc2C(F)(F)F)C(C)(C)C1. The Hall–Kier alpha value is -1.83. The van der Waals surface area contributed by atoms with Gasteiger partial charge in [-0.3, -0.25) is 4.79 Å². The minimum absolute atomic E-state index is 0.000983. The van der Waals surface area contributed by atoms with Crippen LogP contribution in [0.25, 0.3) is 0 Å². The Morgan fingerprint density at radius 3 is 2.67 bits per heavy atom. The molecule has 2 rings (SSSR count). The van der Waals surface area contributed by atoms with Gasteiger partial charge in [-0.15, -0.1) is 0 Å². The van der Waals surface area contributed by atoms with Gasteiger partial charge in [0.2, 0.25) is 11.8 Å². The molecule has 27 heavy (non-hydrogen) atoms. The highest BCUT2D eigenvalue weighted by molar-refractivity contribution is 5.82. The van der Waals surface area contributed by atoms with Crippen molar-refractivity contribution in [3.8, 4) is 5.88 Å². The lowest BCUT2D eigenvalue weighted by molar-refractivity contribution is -0.140. The monoisotopic (exact) mass is 387 g/mol. The average Bonchev–Trinajstić information content (AvgIpc) is 2.54. The Labute approximate surface area is 158 Å². The molecule has 5 nitrogen and oxygen atoms in total. The van der Waals surface area contributed by atoms with Crippen LogP contribution in [0.3, 0.4) is 0 Å². The van der Waals surface area contributed by atoms with Gasteiger partial charge in [-0.05, 0) is 51.4 Å². The second-order valence-corrected chi connectivity index (χ2v) is 8.57. The van der Waals surface area contributed by atoms with Gasteiger partial charge in [0.15, 0.2) is 0 Å². The highest BCUT2D eigenvalue weighted by Crippen LogP contribution is 2.35. The summed E-state index contributed by atoms with van der Waals surface area (Å²) in [5.41, 5.74) is -2.04. The van der Waals surface area contributed by atoms with Crippen LogP contribution in [0.4, 0.5) is 13.2 Å². The molecule has 1 aliphatic heterocycles. The fourth-order valence-corrected chi connectivity index (χ4v) is 3.28. The van der Waals surface area contributed by atoms with Gasteiger partial charge in [-0.2, -0.15) is 13.2 Å². The van der Waals surface area contributed by atoms with Crippen LogP contribution in [0.15, 0.2) is 18.3 Å². The number of rotatable bonds is 5. The average molecular weight is 387 g/mol. The van der Waals surface area contributed by atoms with Crippen molar-refractivity contribution in [1.29, 1.82) is 0 Å². The van der Waals surface area contributed by atoms with Crippen molar-refractivity contribution in [2.75, 3.05) is 26.7 Å². The first kappa shape index (κ1) is 21.5. The molecule has 8 heteroatoms. The molecule has 0 aromatic carbocycles. The number of hydrogen-bond donors (Lipinski definition) is 1. The number of aromatic nitrogens is 1. The fraction of sp³-hybridized carbons (Fsp3) is 0.684. The molecule has 0 bridgehead atoms. The van der Waals surface area contributed by atoms with Crippen molar-refractivity contribution in [3.05, 3.63) is 23.9 Å². The maximum atomic E-state index is 13.0. The Bertz CT molecular complexity index is 674. The number of piperidine rings is 1. The molecule has 1 unspecified atom stereocenters. The molecule has 1 aliphatic rings. The molecule has 1 saturated heterocycles. The smallest absolute Gasteiger partial charge is 0.421 e. The van der Waals surface area contributed by atoms with E-state index in [4.69, 9.17) is 4.74 Å². The van der Waals surface area contributed by atoms with Gasteiger partial charge < -0.3 is 15.0 Å². The molecule has 1 amide bonds. The molecule has 0 radical (unpaired) electrons. The maximum absolute atomic E-state index is 13.0. The lowest BCUT2D eigenvalue weighted by Crippen LogP contribution is -2.57. The number of nitrogens with zero attached hydrogens (tertiary/aromatic N) is 2. The molecule has 1 aromatic heterocycles. The first-order valence-electron chi connectivity index (χ1n) is 8.97. The summed E-state index contributed by atoms with van der Waals surface area (Å²) in [5.74, 6) is -0.750. The second-order valence-electron chi connectivity index (χ2n) is 8.57. The molecular formula is C19H28F3N3O2. The molecular weight excluding hydrogens is 359 g/mol. The minimum Gasteiger partial charge on any atom is -0.476 e. The highest BCUT2D eigenvalue weighted by Gasteiger charge is 2.40. The number of carbonyl (C=O) groups excluding carboxylic acids is 1. The van der Waals surface area contributed by atoms with E-state index in [-0.39, 0.29) is 24.0 Å². The Balaban J connectivity index is 2.03. The fourth-order valence-electron chi connectivity index (χ4n) is 3.28. The van der Waals surface area contributed by atoms with E-state index in [2.05, 4.69) is 29.0 Å². The zero-order chi connectivity index (χ0) is 20.5. The van der Waals surface area contributed by atoms with E-state index in [1.807, 2.05) is 7.05 Å². The number of amides is 1. The number of likely N-dealkylation sites (tertiary alicyclic amines) is 1. The van der Waals surface area contributed by atoms with Crippen molar-refractivity contribution in [3.63, 3.8) is 0 Å². The summed E-state index contributed by atoms with van der Waals surface area (Å²) in [6.07, 6.45) is -2.50. The van der Waals surface area contributed by atoms with Gasteiger partial charge >= 0.3 is 6.18 Å². The molecule has 2 heterocycles. The van der Waals surface area contributed by atoms with E-state index >= 15 is 0 Å². The molecule has 1 aromatic rings. The van der Waals surface area contributed by atoms with Crippen LogP contribution in [-0.2, 0) is 11.0 Å². The topological polar surface area (TPSA) is 54.5 Å². The first-order valence-corrected chi connectivity index (χ1v) is 8.97. The van der Waals surface area contributed by atoms with Gasteiger partial charge in [-0.1, -0.05) is 13.8 Å². The van der Waals surface area contributed by atoms with E-state index in [0.717, 1.165) is 25.6 Å². The summed E-state index contributed by atoms with van der Waals surface area (Å²) >= 11 is 0. The Kier molecular flexibility index (Phi) is 6.09. The predicted molar refractivity (Wildman–Crippen MR) is 96.3 cm³/mol. The largest absolute Gasteiger partial charge is 0.476 e. The summed E-state index contributed by atoms with van der Waals surface area (Å²) in [5, 5.41) is 3.06. The van der Waals surface area contributed by atoms with Crippen LogP contribution in [0, 0.1) is 10.8 Å². The van der Waals surface area contributed by atoms with Crippen molar-refractivity contribution < 1.29 is 22.7 Å². The zero-order valence-electron chi connectivity index (χ0n) is 16.5. The number of hydrogen-bond acceptors (Lipinski definition) is 4. The quantitative estimate of drug-likeness (QED) is 0.842. The molecule has 1 fully saturated rings. The van der Waals surface area contributed by atoms with Gasteiger partial charge in [-0.25, -0.2) is 4.98 Å². The normalized spacial score (nSPS) is 21.0. The molecule has 0 saturated carbocycles. The van der Waals surface area contributed by atoms with Crippen LogP contribution < -0.4 is 10.1 Å². The third-order valence-corrected chi connectivity index (χ3v) is 4.99. The van der Waals surface area contributed by atoms with E-state index in [1.54, 1.807) is 13.8 Å². The number of halogens is 3. The predicted octanol–water partition coefficient (Wildman–Crippen LogP) is 3.35. The van der Waals surface area contributed by atoms with E-state index in [0.29, 0.717) is 0 Å². The maximum Gasteiger partial charge on any atom is 0.421 e. The van der Waals surface area contributed by atoms with E-state index in [1.165, 1.54) is 12.3 Å². The molecule has 0 aliphatic carbocycles. The summed E-state index contributed by atoms with van der Waals surface area (Å²) in [6.45, 7) is 9.04. The highest BCUT2D eigenvalue weighted by atomic mass is 19.4. The van der Waals surface area contributed by atoms with Crippen molar-refractivity contribution in [1.82, 2.24) is 15.2 Å². The van der Waals surface area contributed by atoms with Gasteiger partial charge in [0.25, 0.3) is 0 Å². The van der Waals surface area contributed by atoms with Crippen molar-refractivity contribution >= 4 is 5.91 Å². The lowest BCUT2D eigenvalue weighted by atomic mass is 9.78. The Morgan fingerprint density at radius 2 is 2.07 bits per heavy atom. The molecule has 1 N–H and O–H groups in total. The number of ether oxygens (including phenoxy) is 1. The number of carbonyl (C=O) groups is 1. The minimum atomic E-state index is -4.56. The van der Waals surface area contributed by atoms with Crippen LogP contribution in [0.1, 0.15) is 39.7 Å². The summed E-state index contributed by atoms with van der Waals surface area (Å²) in [4.78, 5) is 18.7. The van der Waals surface area contributed by atoms with E-state index < -0.39 is 23.0 Å². The second kappa shape index (κ2) is 7.66. The van der Waals surface area contributed by atoms with Crippen molar-refractivity contribution in [2.24, 2.45) is 10.8 Å².